The largest absolute Gasteiger partial charge is 0.374 e. The topological polar surface area (TPSA) is 24.5 Å². The molecule has 3 nitrogen and oxygen atoms in total. The lowest BCUT2D eigenvalue weighted by atomic mass is 9.99. The molecule has 1 aromatic carbocycles. The van der Waals surface area contributed by atoms with E-state index in [0.717, 1.165) is 26.1 Å². The van der Waals surface area contributed by atoms with Crippen LogP contribution in [0.4, 0.5) is 0 Å². The van der Waals surface area contributed by atoms with Crippen molar-refractivity contribution in [2.45, 2.75) is 25.5 Å². The van der Waals surface area contributed by atoms with Crippen molar-refractivity contribution < 1.29 is 4.74 Å². The lowest BCUT2D eigenvalue weighted by molar-refractivity contribution is -0.0372. The van der Waals surface area contributed by atoms with Crippen LogP contribution in [0.2, 0.25) is 0 Å². The van der Waals surface area contributed by atoms with Gasteiger partial charge in [-0.15, -0.1) is 0 Å². The number of hydrogen-bond donors (Lipinski definition) is 1. The van der Waals surface area contributed by atoms with Gasteiger partial charge in [0, 0.05) is 19.1 Å². The fraction of sp³-hybridized carbons (Fsp3) is 0.600. The zero-order valence-electron chi connectivity index (χ0n) is 11.6. The highest BCUT2D eigenvalue weighted by Gasteiger charge is 2.25. The first kappa shape index (κ1) is 13.5. The number of benzene rings is 1. The van der Waals surface area contributed by atoms with Crippen LogP contribution in [0.1, 0.15) is 11.1 Å². The number of nitrogens with zero attached hydrogens (tertiary/aromatic N) is 1. The number of nitrogens with one attached hydrogen (secondary N) is 1. The normalized spacial score (nSPS) is 22.9. The minimum atomic E-state index is 0.287. The van der Waals surface area contributed by atoms with E-state index in [9.17, 15) is 0 Å². The van der Waals surface area contributed by atoms with Crippen LogP contribution in [-0.4, -0.2) is 50.8 Å². The van der Waals surface area contributed by atoms with Gasteiger partial charge in [-0.2, -0.15) is 0 Å². The van der Waals surface area contributed by atoms with Crippen LogP contribution in [0.15, 0.2) is 24.3 Å². The highest BCUT2D eigenvalue weighted by Crippen LogP contribution is 2.13. The molecule has 0 saturated carbocycles. The molecule has 1 aromatic rings. The van der Waals surface area contributed by atoms with E-state index in [1.165, 1.54) is 11.1 Å². The Morgan fingerprint density at radius 3 is 2.72 bits per heavy atom. The molecule has 2 rings (SSSR count). The van der Waals surface area contributed by atoms with Gasteiger partial charge < -0.3 is 15.0 Å². The Morgan fingerprint density at radius 2 is 2.11 bits per heavy atom. The Balaban J connectivity index is 1.98. The van der Waals surface area contributed by atoms with Crippen LogP contribution in [0.25, 0.3) is 0 Å². The maximum Gasteiger partial charge on any atom is 0.0858 e. The van der Waals surface area contributed by atoms with Gasteiger partial charge in [0.1, 0.15) is 0 Å². The summed E-state index contributed by atoms with van der Waals surface area (Å²) in [5.41, 5.74) is 2.69. The molecule has 100 valence electrons. The highest BCUT2D eigenvalue weighted by atomic mass is 16.5. The van der Waals surface area contributed by atoms with Crippen molar-refractivity contribution in [2.24, 2.45) is 0 Å². The number of morpholine rings is 1. The third-order valence-corrected chi connectivity index (χ3v) is 3.69. The molecule has 0 aromatic heterocycles. The Bertz CT molecular complexity index is 363. The van der Waals surface area contributed by atoms with Gasteiger partial charge in [-0.3, -0.25) is 0 Å². The smallest absolute Gasteiger partial charge is 0.0858 e. The van der Waals surface area contributed by atoms with Gasteiger partial charge >= 0.3 is 0 Å². The van der Waals surface area contributed by atoms with Crippen molar-refractivity contribution in [3.8, 4) is 0 Å². The van der Waals surface area contributed by atoms with E-state index in [1.807, 2.05) is 7.05 Å². The van der Waals surface area contributed by atoms with Crippen LogP contribution in [0, 0.1) is 6.92 Å². The predicted octanol–water partition coefficient (Wildman–Crippen LogP) is 1.46. The molecular weight excluding hydrogens is 224 g/mol. The van der Waals surface area contributed by atoms with Gasteiger partial charge in [0.2, 0.25) is 0 Å². The van der Waals surface area contributed by atoms with E-state index in [2.05, 4.69) is 48.5 Å². The van der Waals surface area contributed by atoms with E-state index in [1.54, 1.807) is 0 Å². The van der Waals surface area contributed by atoms with Crippen LogP contribution in [0.5, 0.6) is 0 Å². The van der Waals surface area contributed by atoms with Crippen molar-refractivity contribution in [3.05, 3.63) is 35.4 Å². The van der Waals surface area contributed by atoms with Gasteiger partial charge in [-0.25, -0.2) is 0 Å². The minimum Gasteiger partial charge on any atom is -0.374 e. The third kappa shape index (κ3) is 3.55. The van der Waals surface area contributed by atoms with Crippen molar-refractivity contribution in [1.29, 1.82) is 0 Å². The van der Waals surface area contributed by atoms with E-state index >= 15 is 0 Å². The minimum absolute atomic E-state index is 0.287. The van der Waals surface area contributed by atoms with Crippen molar-refractivity contribution in [1.82, 2.24) is 10.2 Å². The zero-order chi connectivity index (χ0) is 13.0. The van der Waals surface area contributed by atoms with E-state index in [-0.39, 0.29) is 6.10 Å². The van der Waals surface area contributed by atoms with Crippen LogP contribution < -0.4 is 5.32 Å². The van der Waals surface area contributed by atoms with Crippen molar-refractivity contribution >= 4 is 0 Å². The lowest BCUT2D eigenvalue weighted by Crippen LogP contribution is -2.51. The van der Waals surface area contributed by atoms with Gasteiger partial charge in [0.15, 0.2) is 0 Å². The Kier molecular flexibility index (Phi) is 4.75. The summed E-state index contributed by atoms with van der Waals surface area (Å²) in [7, 11) is 4.19. The molecule has 1 fully saturated rings. The Hall–Kier alpha value is -0.900. The summed E-state index contributed by atoms with van der Waals surface area (Å²) in [6.07, 6.45) is 1.31. The van der Waals surface area contributed by atoms with Gasteiger partial charge in [-0.05, 0) is 33.0 Å². The molecule has 18 heavy (non-hydrogen) atoms. The second-order valence-corrected chi connectivity index (χ2v) is 5.26. The molecule has 1 aliphatic heterocycles. The van der Waals surface area contributed by atoms with Crippen LogP contribution in [0.3, 0.4) is 0 Å². The standard InChI is InChI=1S/C15H24N2O/c1-12-4-6-13(7-5-12)10-14(16-2)15-11-17(3)8-9-18-15/h4-7,14-16H,8-11H2,1-3H3. The summed E-state index contributed by atoms with van der Waals surface area (Å²) in [6, 6.07) is 9.17. The molecule has 1 aliphatic rings. The van der Waals surface area contributed by atoms with E-state index < -0.39 is 0 Å². The summed E-state index contributed by atoms with van der Waals surface area (Å²) < 4.78 is 5.89. The summed E-state index contributed by atoms with van der Waals surface area (Å²) in [5, 5.41) is 3.40. The fourth-order valence-electron chi connectivity index (χ4n) is 2.45. The molecule has 0 spiro atoms. The highest BCUT2D eigenvalue weighted by molar-refractivity contribution is 5.22. The average molecular weight is 248 g/mol. The molecular formula is C15H24N2O. The summed E-state index contributed by atoms with van der Waals surface area (Å²) in [4.78, 5) is 2.34. The third-order valence-electron chi connectivity index (χ3n) is 3.69. The second kappa shape index (κ2) is 6.32. The average Bonchev–Trinajstić information content (AvgIpc) is 2.38. The Morgan fingerprint density at radius 1 is 1.39 bits per heavy atom. The summed E-state index contributed by atoms with van der Waals surface area (Å²) in [5.74, 6) is 0. The molecule has 0 bridgehead atoms. The number of aryl methyl sites for hydroxylation is 1. The van der Waals surface area contributed by atoms with Gasteiger partial charge in [0.05, 0.1) is 12.7 Å². The Labute approximate surface area is 110 Å². The first-order valence-electron chi connectivity index (χ1n) is 6.72. The molecule has 0 aliphatic carbocycles. The molecule has 0 radical (unpaired) electrons. The second-order valence-electron chi connectivity index (χ2n) is 5.26. The lowest BCUT2D eigenvalue weighted by Gasteiger charge is -2.35. The summed E-state index contributed by atoms with van der Waals surface area (Å²) >= 11 is 0. The van der Waals surface area contributed by atoms with Gasteiger partial charge in [-0.1, -0.05) is 29.8 Å². The van der Waals surface area contributed by atoms with E-state index in [4.69, 9.17) is 4.74 Å². The monoisotopic (exact) mass is 248 g/mol. The number of ether oxygens (including phenoxy) is 1. The van der Waals surface area contributed by atoms with Crippen molar-refractivity contribution in [3.63, 3.8) is 0 Å². The van der Waals surface area contributed by atoms with Crippen molar-refractivity contribution in [2.75, 3.05) is 33.8 Å². The van der Waals surface area contributed by atoms with Gasteiger partial charge in [0.25, 0.3) is 0 Å². The van der Waals surface area contributed by atoms with Crippen LogP contribution >= 0.6 is 0 Å². The predicted molar refractivity (Wildman–Crippen MR) is 75.0 cm³/mol. The summed E-state index contributed by atoms with van der Waals surface area (Å²) in [6.45, 7) is 5.01. The number of rotatable bonds is 4. The molecule has 2 unspecified atom stereocenters. The first-order valence-corrected chi connectivity index (χ1v) is 6.72. The molecule has 3 heteroatoms. The SMILES string of the molecule is CNC(Cc1ccc(C)cc1)C1CN(C)CCO1. The molecule has 1 N–H and O–H groups in total. The molecule has 2 atom stereocenters. The fourth-order valence-corrected chi connectivity index (χ4v) is 2.45. The molecule has 1 heterocycles. The zero-order valence-corrected chi connectivity index (χ0v) is 11.6. The van der Waals surface area contributed by atoms with E-state index in [0.29, 0.717) is 6.04 Å². The number of likely N-dealkylation sites (N-methyl/N-ethyl adjacent to an activating group) is 2. The number of hydrogen-bond acceptors (Lipinski definition) is 3. The first-order chi connectivity index (χ1) is 8.69. The maximum atomic E-state index is 5.89. The van der Waals surface area contributed by atoms with Crippen LogP contribution in [-0.2, 0) is 11.2 Å². The quantitative estimate of drug-likeness (QED) is 0.873. The molecule has 1 saturated heterocycles. The maximum absolute atomic E-state index is 5.89. The molecule has 0 amide bonds.